The lowest BCUT2D eigenvalue weighted by Gasteiger charge is -2.39. The van der Waals surface area contributed by atoms with E-state index in [4.69, 9.17) is 18.9 Å². The summed E-state index contributed by atoms with van der Waals surface area (Å²) in [7, 11) is 0. The van der Waals surface area contributed by atoms with Crippen LogP contribution in [0.15, 0.2) is 36.5 Å². The van der Waals surface area contributed by atoms with E-state index in [9.17, 15) is 25.2 Å². The van der Waals surface area contributed by atoms with Gasteiger partial charge in [-0.1, -0.05) is 153 Å². The van der Waals surface area contributed by atoms with Crippen LogP contribution < -0.4 is 0 Å². The van der Waals surface area contributed by atoms with E-state index < -0.39 is 43.4 Å². The number of hydrogen-bond donors (Lipinski definition) is 4. The number of hydrogen-bond acceptors (Lipinski definition) is 9. The first-order valence-corrected chi connectivity index (χ1v) is 21.1. The summed E-state index contributed by atoms with van der Waals surface area (Å²) in [5, 5.41) is 40.0. The van der Waals surface area contributed by atoms with Gasteiger partial charge in [-0.05, 0) is 44.9 Å². The molecular weight excluding hydrogens is 660 g/mol. The van der Waals surface area contributed by atoms with Gasteiger partial charge >= 0.3 is 5.97 Å². The summed E-state index contributed by atoms with van der Waals surface area (Å²) in [5.74, 6) is -0.324. The fourth-order valence-electron chi connectivity index (χ4n) is 6.27. The lowest BCUT2D eigenvalue weighted by atomic mass is 9.99. The first-order valence-electron chi connectivity index (χ1n) is 21.1. The highest BCUT2D eigenvalue weighted by molar-refractivity contribution is 5.69. The van der Waals surface area contributed by atoms with E-state index in [0.29, 0.717) is 13.0 Å². The summed E-state index contributed by atoms with van der Waals surface area (Å²) >= 11 is 0. The monoisotopic (exact) mass is 739 g/mol. The predicted octanol–water partition coefficient (Wildman–Crippen LogP) is 8.80. The number of carbonyl (C=O) groups excluding carboxylic acids is 1. The molecular formula is C43H78O9. The molecule has 1 aliphatic rings. The maximum Gasteiger partial charge on any atom is 0.306 e. The molecule has 6 unspecified atom stereocenters. The number of ether oxygens (including phenoxy) is 4. The summed E-state index contributed by atoms with van der Waals surface area (Å²) in [6, 6.07) is 0. The largest absolute Gasteiger partial charge is 0.457 e. The molecule has 6 atom stereocenters. The number of allylic oxidation sites excluding steroid dienone is 6. The summed E-state index contributed by atoms with van der Waals surface area (Å²) in [4.78, 5) is 12.7. The Morgan fingerprint density at radius 1 is 0.635 bits per heavy atom. The van der Waals surface area contributed by atoms with Crippen molar-refractivity contribution >= 4 is 5.97 Å². The molecule has 0 aliphatic carbocycles. The van der Waals surface area contributed by atoms with Gasteiger partial charge in [0.25, 0.3) is 0 Å². The first kappa shape index (κ1) is 48.4. The molecule has 304 valence electrons. The van der Waals surface area contributed by atoms with Gasteiger partial charge in [0.2, 0.25) is 0 Å². The lowest BCUT2D eigenvalue weighted by Crippen LogP contribution is -2.59. The van der Waals surface area contributed by atoms with Crippen molar-refractivity contribution in [2.45, 2.75) is 205 Å². The highest BCUT2D eigenvalue weighted by Gasteiger charge is 2.44. The molecule has 0 aromatic heterocycles. The Balaban J connectivity index is 2.29. The molecule has 0 spiro atoms. The van der Waals surface area contributed by atoms with Crippen LogP contribution in [0.3, 0.4) is 0 Å². The van der Waals surface area contributed by atoms with Crippen LogP contribution in [0, 0.1) is 0 Å². The maximum absolute atomic E-state index is 12.7. The smallest absolute Gasteiger partial charge is 0.306 e. The second kappa shape index (κ2) is 35.1. The number of esters is 1. The third-order valence-corrected chi connectivity index (χ3v) is 9.57. The first-order chi connectivity index (χ1) is 25.4. The van der Waals surface area contributed by atoms with Gasteiger partial charge < -0.3 is 39.4 Å². The minimum absolute atomic E-state index is 0.116. The minimum atomic E-state index is -1.54. The fourth-order valence-corrected chi connectivity index (χ4v) is 6.27. The SMILES string of the molecule is CC/C=C\C/C=C\C/C=C\CCCCCCCCCC(=O)OC(COCCCCCCCCCCCCCC)COC1OC(CO)C(O)C(O)C1O. The van der Waals surface area contributed by atoms with Crippen molar-refractivity contribution in [3.63, 3.8) is 0 Å². The Bertz CT molecular complexity index is 890. The zero-order chi connectivity index (χ0) is 37.9. The van der Waals surface area contributed by atoms with Crippen LogP contribution >= 0.6 is 0 Å². The molecule has 0 radical (unpaired) electrons. The number of carbonyl (C=O) groups is 1. The molecule has 0 aromatic carbocycles. The molecule has 52 heavy (non-hydrogen) atoms. The van der Waals surface area contributed by atoms with Crippen LogP contribution in [-0.4, -0.2) is 89.6 Å². The van der Waals surface area contributed by atoms with E-state index in [-0.39, 0.29) is 19.2 Å². The van der Waals surface area contributed by atoms with Crippen molar-refractivity contribution in [3.05, 3.63) is 36.5 Å². The second-order valence-corrected chi connectivity index (χ2v) is 14.4. The van der Waals surface area contributed by atoms with Gasteiger partial charge in [0.1, 0.15) is 30.5 Å². The minimum Gasteiger partial charge on any atom is -0.457 e. The van der Waals surface area contributed by atoms with Crippen LogP contribution in [0.1, 0.15) is 168 Å². The van der Waals surface area contributed by atoms with E-state index in [0.717, 1.165) is 64.2 Å². The number of aliphatic hydroxyl groups is 4. The average molecular weight is 739 g/mol. The molecule has 4 N–H and O–H groups in total. The molecule has 1 saturated heterocycles. The molecule has 0 amide bonds. The number of unbranched alkanes of at least 4 members (excludes halogenated alkanes) is 18. The van der Waals surface area contributed by atoms with Crippen molar-refractivity contribution in [1.82, 2.24) is 0 Å². The molecule has 0 saturated carbocycles. The zero-order valence-electron chi connectivity index (χ0n) is 33.1. The van der Waals surface area contributed by atoms with Gasteiger partial charge in [-0.15, -0.1) is 0 Å². The van der Waals surface area contributed by atoms with Crippen LogP contribution in [0.5, 0.6) is 0 Å². The molecule has 1 fully saturated rings. The average Bonchev–Trinajstić information content (AvgIpc) is 3.14. The van der Waals surface area contributed by atoms with Crippen molar-refractivity contribution in [2.24, 2.45) is 0 Å². The summed E-state index contributed by atoms with van der Waals surface area (Å²) in [5.41, 5.74) is 0. The normalized spacial score (nSPS) is 21.5. The molecule has 1 rings (SSSR count). The maximum atomic E-state index is 12.7. The number of rotatable bonds is 35. The van der Waals surface area contributed by atoms with Crippen molar-refractivity contribution in [2.75, 3.05) is 26.4 Å². The van der Waals surface area contributed by atoms with Gasteiger partial charge in [0, 0.05) is 13.0 Å². The molecule has 0 aromatic rings. The van der Waals surface area contributed by atoms with E-state index in [1.807, 2.05) is 0 Å². The summed E-state index contributed by atoms with van der Waals surface area (Å²) in [6.45, 7) is 4.44. The standard InChI is InChI=1S/C43H78O9/c1-3-5-7-9-11-13-15-17-18-19-20-21-22-24-26-28-30-32-39(45)51-37(36-50-43-42(48)41(47)40(46)38(34-44)52-43)35-49-33-31-29-27-25-23-16-14-12-10-8-6-4-2/h5,7,11,13,17-18,37-38,40-44,46-48H,3-4,6,8-10,12,14-16,19-36H2,1-2H3/b7-5-,13-11-,18-17-. The highest BCUT2D eigenvalue weighted by atomic mass is 16.7. The Morgan fingerprint density at radius 3 is 1.77 bits per heavy atom. The quantitative estimate of drug-likeness (QED) is 0.0286. The molecule has 1 aliphatic heterocycles. The fraction of sp³-hybridized carbons (Fsp3) is 0.837. The Hall–Kier alpha value is -1.59. The molecule has 0 bridgehead atoms. The Morgan fingerprint density at radius 2 is 1.17 bits per heavy atom. The van der Waals surface area contributed by atoms with E-state index in [1.165, 1.54) is 83.5 Å². The van der Waals surface area contributed by atoms with Crippen molar-refractivity contribution < 1.29 is 44.2 Å². The third kappa shape index (κ3) is 26.2. The Kier molecular flexibility index (Phi) is 32.7. The van der Waals surface area contributed by atoms with Gasteiger partial charge in [0.15, 0.2) is 6.29 Å². The van der Waals surface area contributed by atoms with Crippen LogP contribution in [0.4, 0.5) is 0 Å². The van der Waals surface area contributed by atoms with E-state index >= 15 is 0 Å². The lowest BCUT2D eigenvalue weighted by molar-refractivity contribution is -0.305. The van der Waals surface area contributed by atoms with Gasteiger partial charge in [-0.2, -0.15) is 0 Å². The van der Waals surface area contributed by atoms with E-state index in [1.54, 1.807) is 0 Å². The Labute approximate surface area is 317 Å². The van der Waals surface area contributed by atoms with Gasteiger partial charge in [0.05, 0.1) is 19.8 Å². The predicted molar refractivity (Wildman–Crippen MR) is 210 cm³/mol. The van der Waals surface area contributed by atoms with Crippen molar-refractivity contribution in [3.8, 4) is 0 Å². The zero-order valence-corrected chi connectivity index (χ0v) is 33.1. The second-order valence-electron chi connectivity index (χ2n) is 14.4. The van der Waals surface area contributed by atoms with Gasteiger partial charge in [-0.3, -0.25) is 4.79 Å². The van der Waals surface area contributed by atoms with Crippen LogP contribution in [0.25, 0.3) is 0 Å². The topological polar surface area (TPSA) is 135 Å². The summed E-state index contributed by atoms with van der Waals surface area (Å²) in [6.07, 6.45) is 33.1. The summed E-state index contributed by atoms with van der Waals surface area (Å²) < 4.78 is 22.7. The highest BCUT2D eigenvalue weighted by Crippen LogP contribution is 2.22. The van der Waals surface area contributed by atoms with Crippen LogP contribution in [-0.2, 0) is 23.7 Å². The van der Waals surface area contributed by atoms with Gasteiger partial charge in [-0.25, -0.2) is 0 Å². The van der Waals surface area contributed by atoms with Crippen molar-refractivity contribution in [1.29, 1.82) is 0 Å². The molecule has 9 heteroatoms. The molecule has 1 heterocycles. The van der Waals surface area contributed by atoms with E-state index in [2.05, 4.69) is 50.3 Å². The van der Waals surface area contributed by atoms with Crippen LogP contribution in [0.2, 0.25) is 0 Å². The molecule has 9 nitrogen and oxygen atoms in total. The number of aliphatic hydroxyl groups excluding tert-OH is 4. The third-order valence-electron chi connectivity index (χ3n) is 9.57.